The van der Waals surface area contributed by atoms with Crippen LogP contribution in [-0.4, -0.2) is 40.8 Å². The molecule has 2 aliphatic heterocycles. The highest BCUT2D eigenvalue weighted by atomic mass is 16.5. The molecule has 2 aromatic carbocycles. The van der Waals surface area contributed by atoms with Crippen molar-refractivity contribution in [3.8, 4) is 0 Å². The molecular formula is C19H18N2O3. The van der Waals surface area contributed by atoms with Gasteiger partial charge in [-0.1, -0.05) is 60.7 Å². The van der Waals surface area contributed by atoms with Gasteiger partial charge in [0.05, 0.1) is 6.61 Å². The van der Waals surface area contributed by atoms with Crippen molar-refractivity contribution in [2.45, 2.75) is 18.8 Å². The second-order valence-corrected chi connectivity index (χ2v) is 6.09. The predicted molar refractivity (Wildman–Crippen MR) is 87.6 cm³/mol. The minimum absolute atomic E-state index is 0.0446. The van der Waals surface area contributed by atoms with Gasteiger partial charge in [-0.15, -0.1) is 0 Å². The van der Waals surface area contributed by atoms with Crippen LogP contribution < -0.4 is 0 Å². The molecule has 2 amide bonds. The van der Waals surface area contributed by atoms with Gasteiger partial charge in [-0.2, -0.15) is 0 Å². The molecular weight excluding hydrogens is 304 g/mol. The summed E-state index contributed by atoms with van der Waals surface area (Å²) in [6.45, 7) is 0.790. The van der Waals surface area contributed by atoms with E-state index >= 15 is 0 Å². The van der Waals surface area contributed by atoms with Gasteiger partial charge in [-0.3, -0.25) is 14.5 Å². The van der Waals surface area contributed by atoms with Crippen molar-refractivity contribution in [2.24, 2.45) is 0 Å². The van der Waals surface area contributed by atoms with E-state index in [1.54, 1.807) is 9.80 Å². The quantitative estimate of drug-likeness (QED) is 0.868. The van der Waals surface area contributed by atoms with Gasteiger partial charge in [-0.05, 0) is 5.56 Å². The van der Waals surface area contributed by atoms with E-state index in [0.717, 1.165) is 11.1 Å². The monoisotopic (exact) mass is 322 g/mol. The van der Waals surface area contributed by atoms with Crippen molar-refractivity contribution in [1.82, 2.24) is 9.80 Å². The summed E-state index contributed by atoms with van der Waals surface area (Å²) < 4.78 is 5.78. The lowest BCUT2D eigenvalue weighted by molar-refractivity contribution is -0.157. The number of hydrogen-bond acceptors (Lipinski definition) is 3. The third-order valence-electron chi connectivity index (χ3n) is 4.51. The molecule has 0 N–H and O–H groups in total. The SMILES string of the molecule is O=C1[C@H]2CO[C@H](c3ccccc3)N2C(=O)CN1Cc1ccccc1. The Morgan fingerprint density at radius 1 is 0.958 bits per heavy atom. The van der Waals surface area contributed by atoms with Crippen LogP contribution in [0.2, 0.25) is 0 Å². The van der Waals surface area contributed by atoms with E-state index in [9.17, 15) is 9.59 Å². The normalized spacial score (nSPS) is 23.5. The zero-order chi connectivity index (χ0) is 16.5. The van der Waals surface area contributed by atoms with E-state index in [-0.39, 0.29) is 25.0 Å². The molecule has 0 spiro atoms. The summed E-state index contributed by atoms with van der Waals surface area (Å²) in [5.41, 5.74) is 1.92. The van der Waals surface area contributed by atoms with Crippen LogP contribution in [0.5, 0.6) is 0 Å². The van der Waals surface area contributed by atoms with Gasteiger partial charge in [0, 0.05) is 12.1 Å². The summed E-state index contributed by atoms with van der Waals surface area (Å²) in [5, 5.41) is 0. The number of benzene rings is 2. The zero-order valence-electron chi connectivity index (χ0n) is 13.2. The van der Waals surface area contributed by atoms with Crippen LogP contribution in [0.1, 0.15) is 17.4 Å². The molecule has 0 unspecified atom stereocenters. The van der Waals surface area contributed by atoms with Gasteiger partial charge < -0.3 is 9.64 Å². The number of nitrogens with zero attached hydrogens (tertiary/aromatic N) is 2. The molecule has 5 heteroatoms. The van der Waals surface area contributed by atoms with Gasteiger partial charge in [-0.25, -0.2) is 0 Å². The Labute approximate surface area is 140 Å². The third kappa shape index (κ3) is 2.57. The number of piperazine rings is 1. The first-order chi connectivity index (χ1) is 11.7. The van der Waals surface area contributed by atoms with Crippen LogP contribution in [-0.2, 0) is 20.9 Å². The van der Waals surface area contributed by atoms with E-state index in [4.69, 9.17) is 4.74 Å². The predicted octanol–water partition coefficient (Wildman–Crippen LogP) is 1.95. The maximum atomic E-state index is 12.8. The fourth-order valence-electron chi connectivity index (χ4n) is 3.35. The molecule has 0 aromatic heterocycles. The molecule has 2 fully saturated rings. The van der Waals surface area contributed by atoms with Crippen LogP contribution in [0.15, 0.2) is 60.7 Å². The molecule has 24 heavy (non-hydrogen) atoms. The second-order valence-electron chi connectivity index (χ2n) is 6.09. The van der Waals surface area contributed by atoms with Gasteiger partial charge in [0.25, 0.3) is 0 Å². The average molecular weight is 322 g/mol. The summed E-state index contributed by atoms with van der Waals surface area (Å²) in [6.07, 6.45) is -0.466. The third-order valence-corrected chi connectivity index (χ3v) is 4.51. The Balaban J connectivity index is 1.55. The maximum Gasteiger partial charge on any atom is 0.248 e. The average Bonchev–Trinajstić information content (AvgIpc) is 3.07. The molecule has 4 rings (SSSR count). The number of rotatable bonds is 3. The fraction of sp³-hybridized carbons (Fsp3) is 0.263. The molecule has 2 aromatic rings. The summed E-state index contributed by atoms with van der Waals surface area (Å²) >= 11 is 0. The Kier molecular flexibility index (Phi) is 3.78. The van der Waals surface area contributed by atoms with Crippen LogP contribution >= 0.6 is 0 Å². The van der Waals surface area contributed by atoms with Crippen LogP contribution in [0, 0.1) is 0 Å². The van der Waals surface area contributed by atoms with Crippen molar-refractivity contribution in [1.29, 1.82) is 0 Å². The highest BCUT2D eigenvalue weighted by Crippen LogP contribution is 2.34. The number of carbonyl (C=O) groups is 2. The summed E-state index contributed by atoms with van der Waals surface area (Å²) in [5.74, 6) is -0.112. The number of fused-ring (bicyclic) bond motifs is 1. The molecule has 122 valence electrons. The first-order valence-electron chi connectivity index (χ1n) is 8.04. The summed E-state index contributed by atoms with van der Waals surface area (Å²) in [4.78, 5) is 28.7. The molecule has 5 nitrogen and oxygen atoms in total. The number of ether oxygens (including phenoxy) is 1. The van der Waals surface area contributed by atoms with Crippen molar-refractivity contribution in [3.05, 3.63) is 71.8 Å². The molecule has 0 saturated carbocycles. The van der Waals surface area contributed by atoms with E-state index in [1.807, 2.05) is 60.7 Å². The largest absolute Gasteiger partial charge is 0.351 e. The number of carbonyl (C=O) groups excluding carboxylic acids is 2. The topological polar surface area (TPSA) is 49.9 Å². The highest BCUT2D eigenvalue weighted by Gasteiger charge is 2.48. The molecule has 0 radical (unpaired) electrons. The Morgan fingerprint density at radius 3 is 2.33 bits per heavy atom. The van der Waals surface area contributed by atoms with Crippen LogP contribution in [0.3, 0.4) is 0 Å². The second kappa shape index (κ2) is 6.09. The summed E-state index contributed by atoms with van der Waals surface area (Å²) in [7, 11) is 0. The van der Waals surface area contributed by atoms with Crippen LogP contribution in [0.4, 0.5) is 0 Å². The minimum atomic E-state index is -0.528. The van der Waals surface area contributed by atoms with Crippen molar-refractivity contribution >= 4 is 11.8 Å². The molecule has 0 aliphatic carbocycles. The standard InChI is InChI=1S/C19H18N2O3/c22-17-12-20(11-14-7-3-1-4-8-14)18(23)16-13-24-19(21(16)17)15-9-5-2-6-10-15/h1-10,16,19H,11-13H2/t16-,19-/m1/s1. The molecule has 2 aliphatic rings. The van der Waals surface area contributed by atoms with E-state index in [0.29, 0.717) is 6.54 Å². The van der Waals surface area contributed by atoms with Crippen molar-refractivity contribution < 1.29 is 14.3 Å². The fourth-order valence-corrected chi connectivity index (χ4v) is 3.35. The number of hydrogen-bond donors (Lipinski definition) is 0. The first-order valence-corrected chi connectivity index (χ1v) is 8.04. The maximum absolute atomic E-state index is 12.8. The number of amides is 2. The van der Waals surface area contributed by atoms with Crippen molar-refractivity contribution in [3.63, 3.8) is 0 Å². The van der Waals surface area contributed by atoms with Gasteiger partial charge in [0.1, 0.15) is 12.6 Å². The smallest absolute Gasteiger partial charge is 0.248 e. The lowest BCUT2D eigenvalue weighted by atomic mass is 10.1. The van der Waals surface area contributed by atoms with Crippen LogP contribution in [0.25, 0.3) is 0 Å². The lowest BCUT2D eigenvalue weighted by Gasteiger charge is -2.37. The molecule has 2 saturated heterocycles. The van der Waals surface area contributed by atoms with E-state index < -0.39 is 12.3 Å². The molecule has 2 heterocycles. The van der Waals surface area contributed by atoms with Gasteiger partial charge >= 0.3 is 0 Å². The molecule has 0 bridgehead atoms. The summed E-state index contributed by atoms with van der Waals surface area (Å²) in [6, 6.07) is 18.8. The lowest BCUT2D eigenvalue weighted by Crippen LogP contribution is -2.58. The molecule has 2 atom stereocenters. The minimum Gasteiger partial charge on any atom is -0.351 e. The van der Waals surface area contributed by atoms with Crippen molar-refractivity contribution in [2.75, 3.05) is 13.2 Å². The van der Waals surface area contributed by atoms with E-state index in [1.165, 1.54) is 0 Å². The van der Waals surface area contributed by atoms with Gasteiger partial charge in [0.2, 0.25) is 11.8 Å². The van der Waals surface area contributed by atoms with E-state index in [2.05, 4.69) is 0 Å². The highest BCUT2D eigenvalue weighted by molar-refractivity contribution is 5.95. The first kappa shape index (κ1) is 14.9. The Morgan fingerprint density at radius 2 is 1.62 bits per heavy atom. The Bertz CT molecular complexity index is 748. The Hall–Kier alpha value is -2.66. The van der Waals surface area contributed by atoms with Gasteiger partial charge in [0.15, 0.2) is 6.23 Å². The zero-order valence-corrected chi connectivity index (χ0v) is 13.2.